The number of anilines is 1. The number of esters is 1. The Hall–Kier alpha value is -4.18. The molecule has 8 nitrogen and oxygen atoms in total. The zero-order chi connectivity index (χ0) is 24.2. The highest BCUT2D eigenvalue weighted by Gasteiger charge is 2.36. The second-order valence-electron chi connectivity index (χ2n) is 7.55. The minimum atomic E-state index is -1.01. The van der Waals surface area contributed by atoms with E-state index in [0.717, 1.165) is 0 Å². The fourth-order valence-corrected chi connectivity index (χ4v) is 4.17. The Morgan fingerprint density at radius 3 is 2.71 bits per heavy atom. The van der Waals surface area contributed by atoms with E-state index in [1.54, 1.807) is 41.8 Å². The Labute approximate surface area is 203 Å². The summed E-state index contributed by atoms with van der Waals surface area (Å²) >= 11 is 1.36. The lowest BCUT2D eigenvalue weighted by Crippen LogP contribution is -2.47. The van der Waals surface area contributed by atoms with Crippen molar-refractivity contribution in [3.8, 4) is 11.5 Å². The maximum Gasteiger partial charge on any atom is 0.349 e. The van der Waals surface area contributed by atoms with Crippen molar-refractivity contribution in [3.63, 3.8) is 0 Å². The SMILES string of the molecule is O=C(OCc1csc(COc2ccc(F)cc2)n1)[C@H]1CN(C(=O)c2ccco2)c2ccccc2O1. The molecule has 0 aliphatic carbocycles. The molecule has 0 saturated heterocycles. The predicted octanol–water partition coefficient (Wildman–Crippen LogP) is 4.61. The minimum Gasteiger partial charge on any atom is -0.486 e. The number of ether oxygens (including phenoxy) is 3. The number of aromatic nitrogens is 1. The van der Waals surface area contributed by atoms with Crippen LogP contribution < -0.4 is 14.4 Å². The summed E-state index contributed by atoms with van der Waals surface area (Å²) in [6.07, 6.45) is 0.404. The molecule has 178 valence electrons. The highest BCUT2D eigenvalue weighted by molar-refractivity contribution is 7.09. The van der Waals surface area contributed by atoms with E-state index in [1.165, 1.54) is 46.8 Å². The summed E-state index contributed by atoms with van der Waals surface area (Å²) in [5.41, 5.74) is 1.10. The number of hydrogen-bond acceptors (Lipinski definition) is 8. The van der Waals surface area contributed by atoms with Gasteiger partial charge in [-0.2, -0.15) is 0 Å². The van der Waals surface area contributed by atoms with E-state index in [1.807, 2.05) is 0 Å². The van der Waals surface area contributed by atoms with Gasteiger partial charge in [0.2, 0.25) is 6.10 Å². The number of benzene rings is 2. The molecular formula is C25H19FN2O6S. The molecule has 2 aromatic carbocycles. The van der Waals surface area contributed by atoms with E-state index >= 15 is 0 Å². The highest BCUT2D eigenvalue weighted by atomic mass is 32.1. The lowest BCUT2D eigenvalue weighted by Gasteiger charge is -2.33. The summed E-state index contributed by atoms with van der Waals surface area (Å²) in [6.45, 7) is 0.124. The van der Waals surface area contributed by atoms with Crippen LogP contribution in [0.1, 0.15) is 21.3 Å². The molecule has 35 heavy (non-hydrogen) atoms. The van der Waals surface area contributed by atoms with Crippen molar-refractivity contribution < 1.29 is 32.6 Å². The number of furan rings is 1. The summed E-state index contributed by atoms with van der Waals surface area (Å²) in [6, 6.07) is 15.9. The lowest BCUT2D eigenvalue weighted by atomic mass is 10.1. The summed E-state index contributed by atoms with van der Waals surface area (Å²) in [7, 11) is 0. The monoisotopic (exact) mass is 494 g/mol. The normalized spacial score (nSPS) is 14.7. The number of carbonyl (C=O) groups excluding carboxylic acids is 2. The van der Waals surface area contributed by atoms with Crippen LogP contribution in [0, 0.1) is 5.82 Å². The number of thiazole rings is 1. The number of halogens is 1. The van der Waals surface area contributed by atoms with E-state index < -0.39 is 12.1 Å². The number of hydrogen-bond donors (Lipinski definition) is 0. The molecule has 1 aliphatic heterocycles. The molecule has 1 atom stereocenters. The third kappa shape index (κ3) is 5.17. The summed E-state index contributed by atoms with van der Waals surface area (Å²) in [4.78, 5) is 31.6. The van der Waals surface area contributed by atoms with Crippen molar-refractivity contribution in [3.05, 3.63) is 94.6 Å². The van der Waals surface area contributed by atoms with Crippen LogP contribution in [-0.2, 0) is 22.7 Å². The van der Waals surface area contributed by atoms with Gasteiger partial charge in [-0.15, -0.1) is 11.3 Å². The third-order valence-corrected chi connectivity index (χ3v) is 6.02. The van der Waals surface area contributed by atoms with Gasteiger partial charge in [0, 0.05) is 5.38 Å². The molecule has 2 aromatic heterocycles. The smallest absolute Gasteiger partial charge is 0.349 e. The largest absolute Gasteiger partial charge is 0.486 e. The molecule has 1 aliphatic rings. The topological polar surface area (TPSA) is 91.1 Å². The van der Waals surface area contributed by atoms with Gasteiger partial charge in [-0.1, -0.05) is 12.1 Å². The minimum absolute atomic E-state index is 0.0246. The maximum atomic E-state index is 13.0. The Bertz CT molecular complexity index is 1320. The second kappa shape index (κ2) is 9.98. The van der Waals surface area contributed by atoms with Crippen LogP contribution >= 0.6 is 11.3 Å². The molecule has 0 spiro atoms. The van der Waals surface area contributed by atoms with E-state index in [4.69, 9.17) is 18.6 Å². The zero-order valence-corrected chi connectivity index (χ0v) is 19.1. The first kappa shape index (κ1) is 22.6. The molecule has 3 heterocycles. The van der Waals surface area contributed by atoms with Crippen LogP contribution in [-0.4, -0.2) is 29.5 Å². The number of rotatable bonds is 7. The first-order valence-electron chi connectivity index (χ1n) is 10.7. The third-order valence-electron chi connectivity index (χ3n) is 5.15. The molecule has 0 radical (unpaired) electrons. The van der Waals surface area contributed by atoms with Gasteiger partial charge < -0.3 is 18.6 Å². The molecule has 5 rings (SSSR count). The molecule has 0 unspecified atom stereocenters. The number of nitrogens with zero attached hydrogens (tertiary/aromatic N) is 2. The van der Waals surface area contributed by atoms with Gasteiger partial charge in [0.15, 0.2) is 5.76 Å². The quantitative estimate of drug-likeness (QED) is 0.347. The number of para-hydroxylation sites is 2. The van der Waals surface area contributed by atoms with Crippen molar-refractivity contribution in [2.75, 3.05) is 11.4 Å². The molecule has 10 heteroatoms. The van der Waals surface area contributed by atoms with Crippen molar-refractivity contribution in [1.82, 2.24) is 4.98 Å². The van der Waals surface area contributed by atoms with Crippen molar-refractivity contribution in [2.24, 2.45) is 0 Å². The fourth-order valence-electron chi connectivity index (χ4n) is 3.48. The molecule has 0 fully saturated rings. The van der Waals surface area contributed by atoms with Crippen LogP contribution in [0.5, 0.6) is 11.5 Å². The van der Waals surface area contributed by atoms with Crippen LogP contribution in [0.4, 0.5) is 10.1 Å². The van der Waals surface area contributed by atoms with Gasteiger partial charge in [-0.3, -0.25) is 9.69 Å². The van der Waals surface area contributed by atoms with Crippen LogP contribution in [0.3, 0.4) is 0 Å². The van der Waals surface area contributed by atoms with E-state index in [-0.39, 0.29) is 37.2 Å². The Morgan fingerprint density at radius 1 is 1.09 bits per heavy atom. The van der Waals surface area contributed by atoms with Crippen molar-refractivity contribution in [2.45, 2.75) is 19.3 Å². The van der Waals surface area contributed by atoms with Crippen molar-refractivity contribution in [1.29, 1.82) is 0 Å². The van der Waals surface area contributed by atoms with Crippen molar-refractivity contribution >= 4 is 28.9 Å². The summed E-state index contributed by atoms with van der Waals surface area (Å²) < 4.78 is 35.1. The number of fused-ring (bicyclic) bond motifs is 1. The van der Waals surface area contributed by atoms with Crippen LogP contribution in [0.25, 0.3) is 0 Å². The maximum absolute atomic E-state index is 13.0. The second-order valence-corrected chi connectivity index (χ2v) is 8.49. The molecule has 4 aromatic rings. The number of carbonyl (C=O) groups is 2. The fraction of sp³-hybridized carbons (Fsp3) is 0.160. The molecule has 0 saturated carbocycles. The zero-order valence-electron chi connectivity index (χ0n) is 18.3. The molecule has 0 bridgehead atoms. The van der Waals surface area contributed by atoms with Gasteiger partial charge in [-0.05, 0) is 48.5 Å². The molecular weight excluding hydrogens is 475 g/mol. The van der Waals surface area contributed by atoms with E-state index in [0.29, 0.717) is 27.9 Å². The van der Waals surface area contributed by atoms with Gasteiger partial charge >= 0.3 is 5.97 Å². The van der Waals surface area contributed by atoms with E-state index in [9.17, 15) is 14.0 Å². The van der Waals surface area contributed by atoms with Gasteiger partial charge in [0.1, 0.15) is 35.5 Å². The molecule has 0 N–H and O–H groups in total. The van der Waals surface area contributed by atoms with Gasteiger partial charge in [0.05, 0.1) is 24.2 Å². The standard InChI is InChI=1S/C25H19FN2O6S/c26-16-7-9-18(10-8-16)32-14-23-27-17(15-35-23)13-33-25(30)22-12-28(24(29)21-6-3-11-31-21)19-4-1-2-5-20(19)34-22/h1-11,15,22H,12-14H2/t22-/m1/s1. The van der Waals surface area contributed by atoms with Crippen LogP contribution in [0.2, 0.25) is 0 Å². The lowest BCUT2D eigenvalue weighted by molar-refractivity contribution is -0.153. The first-order chi connectivity index (χ1) is 17.1. The highest BCUT2D eigenvalue weighted by Crippen LogP contribution is 2.34. The Morgan fingerprint density at radius 2 is 1.91 bits per heavy atom. The average Bonchev–Trinajstić information content (AvgIpc) is 3.58. The summed E-state index contributed by atoms with van der Waals surface area (Å²) in [5.74, 6) is -0.253. The molecule has 1 amide bonds. The predicted molar refractivity (Wildman–Crippen MR) is 124 cm³/mol. The van der Waals surface area contributed by atoms with Gasteiger partial charge in [0.25, 0.3) is 5.91 Å². The van der Waals surface area contributed by atoms with E-state index in [2.05, 4.69) is 4.98 Å². The number of amides is 1. The average molecular weight is 495 g/mol. The first-order valence-corrected chi connectivity index (χ1v) is 11.5. The van der Waals surface area contributed by atoms with Crippen LogP contribution in [0.15, 0.2) is 76.7 Å². The Balaban J connectivity index is 1.20. The Kier molecular flexibility index (Phi) is 6.44. The van der Waals surface area contributed by atoms with Gasteiger partial charge in [-0.25, -0.2) is 14.2 Å². The summed E-state index contributed by atoms with van der Waals surface area (Å²) in [5, 5.41) is 2.44.